The van der Waals surface area contributed by atoms with Gasteiger partial charge in [-0.2, -0.15) is 13.2 Å². The summed E-state index contributed by atoms with van der Waals surface area (Å²) < 4.78 is 38.1. The molecule has 0 aromatic heterocycles. The molecule has 6 heteroatoms. The molecule has 1 fully saturated rings. The molecule has 0 radical (unpaired) electrons. The van der Waals surface area contributed by atoms with Crippen molar-refractivity contribution in [1.82, 2.24) is 4.90 Å². The summed E-state index contributed by atoms with van der Waals surface area (Å²) in [6, 6.07) is 7.86. The molecule has 0 saturated carbocycles. The van der Waals surface area contributed by atoms with E-state index < -0.39 is 24.1 Å². The van der Waals surface area contributed by atoms with E-state index in [-0.39, 0.29) is 19.5 Å². The number of carbonyl (C=O) groups is 1. The maximum absolute atomic E-state index is 12.7. The van der Waals surface area contributed by atoms with Crippen LogP contribution in [0.2, 0.25) is 0 Å². The summed E-state index contributed by atoms with van der Waals surface area (Å²) >= 11 is 0. The van der Waals surface area contributed by atoms with Crippen molar-refractivity contribution in [3.8, 4) is 0 Å². The highest BCUT2D eigenvalue weighted by Gasteiger charge is 2.49. The van der Waals surface area contributed by atoms with Crippen LogP contribution < -0.4 is 0 Å². The topological polar surface area (TPSA) is 40.5 Å². The summed E-state index contributed by atoms with van der Waals surface area (Å²) in [6.07, 6.45) is -4.70. The molecule has 1 aromatic rings. The molecule has 2 rings (SSSR count). The van der Waals surface area contributed by atoms with Gasteiger partial charge in [-0.15, -0.1) is 0 Å². The second-order valence-corrected chi connectivity index (χ2v) is 4.74. The maximum Gasteiger partial charge on any atom is 0.393 e. The number of nitrogens with zero attached hydrogens (tertiary/aromatic N) is 1. The summed E-state index contributed by atoms with van der Waals surface area (Å²) in [7, 11) is 0. The van der Waals surface area contributed by atoms with E-state index in [1.54, 1.807) is 30.3 Å². The summed E-state index contributed by atoms with van der Waals surface area (Å²) in [4.78, 5) is 12.5. The number of alkyl halides is 3. The molecule has 104 valence electrons. The molecule has 2 atom stereocenters. The Morgan fingerprint density at radius 1 is 1.32 bits per heavy atom. The number of benzene rings is 1. The van der Waals surface area contributed by atoms with Crippen LogP contribution in [0.1, 0.15) is 12.0 Å². The molecule has 0 bridgehead atoms. The average molecular weight is 273 g/mol. The second kappa shape index (κ2) is 5.21. The lowest BCUT2D eigenvalue weighted by Crippen LogP contribution is -2.35. The highest BCUT2D eigenvalue weighted by Crippen LogP contribution is 2.37. The predicted molar refractivity (Wildman–Crippen MR) is 62.4 cm³/mol. The van der Waals surface area contributed by atoms with Crippen LogP contribution in [0.15, 0.2) is 30.3 Å². The molecule has 0 amide bonds. The fraction of sp³-hybridized carbons (Fsp3) is 0.462. The van der Waals surface area contributed by atoms with Gasteiger partial charge < -0.3 is 5.11 Å². The van der Waals surface area contributed by atoms with Crippen molar-refractivity contribution >= 4 is 5.97 Å². The molecule has 1 N–H and O–H groups in total. The minimum Gasteiger partial charge on any atom is -0.480 e. The van der Waals surface area contributed by atoms with Gasteiger partial charge in [-0.1, -0.05) is 30.3 Å². The first-order valence-corrected chi connectivity index (χ1v) is 5.95. The first kappa shape index (κ1) is 13.9. The summed E-state index contributed by atoms with van der Waals surface area (Å²) in [5.41, 5.74) is 0.816. The lowest BCUT2D eigenvalue weighted by Gasteiger charge is -2.21. The zero-order chi connectivity index (χ0) is 14.0. The van der Waals surface area contributed by atoms with Crippen molar-refractivity contribution in [2.24, 2.45) is 5.92 Å². The van der Waals surface area contributed by atoms with Crippen molar-refractivity contribution < 1.29 is 23.1 Å². The zero-order valence-electron chi connectivity index (χ0n) is 10.1. The van der Waals surface area contributed by atoms with Gasteiger partial charge >= 0.3 is 12.1 Å². The Bertz CT molecular complexity index is 447. The molecule has 0 spiro atoms. The van der Waals surface area contributed by atoms with Gasteiger partial charge in [-0.3, -0.25) is 9.69 Å². The van der Waals surface area contributed by atoms with Gasteiger partial charge in [-0.05, 0) is 12.0 Å². The van der Waals surface area contributed by atoms with E-state index in [9.17, 15) is 18.0 Å². The van der Waals surface area contributed by atoms with Crippen LogP contribution in [0.25, 0.3) is 0 Å². The van der Waals surface area contributed by atoms with Crippen LogP contribution in [-0.4, -0.2) is 34.7 Å². The van der Waals surface area contributed by atoms with E-state index >= 15 is 0 Å². The molecule has 19 heavy (non-hydrogen) atoms. The van der Waals surface area contributed by atoms with Crippen molar-refractivity contribution in [2.75, 3.05) is 6.54 Å². The highest BCUT2D eigenvalue weighted by molar-refractivity contribution is 5.74. The SMILES string of the molecule is O=C(O)[C@H]1CC(C(F)(F)F)CN1Cc1ccccc1. The second-order valence-electron chi connectivity index (χ2n) is 4.74. The standard InChI is InChI=1S/C13H14F3NO2/c14-13(15,16)10-6-11(12(18)19)17(8-10)7-9-4-2-1-3-5-9/h1-5,10-11H,6-8H2,(H,18,19)/t10?,11-/m1/s1. The van der Waals surface area contributed by atoms with Crippen molar-refractivity contribution in [3.63, 3.8) is 0 Å². The van der Waals surface area contributed by atoms with Crippen LogP contribution in [0.4, 0.5) is 13.2 Å². The smallest absolute Gasteiger partial charge is 0.393 e. The van der Waals surface area contributed by atoms with E-state index in [2.05, 4.69) is 0 Å². The number of carboxylic acids is 1. The van der Waals surface area contributed by atoms with Crippen LogP contribution in [0.3, 0.4) is 0 Å². The van der Waals surface area contributed by atoms with E-state index in [1.807, 2.05) is 0 Å². The Morgan fingerprint density at radius 2 is 1.95 bits per heavy atom. The van der Waals surface area contributed by atoms with Gasteiger partial charge in [0.05, 0.1) is 5.92 Å². The third kappa shape index (κ3) is 3.26. The molecule has 1 aromatic carbocycles. The summed E-state index contributed by atoms with van der Waals surface area (Å²) in [5, 5.41) is 9.04. The van der Waals surface area contributed by atoms with Crippen LogP contribution in [0.5, 0.6) is 0 Å². The molecule has 1 saturated heterocycles. The number of hydrogen-bond donors (Lipinski definition) is 1. The maximum atomic E-state index is 12.7. The monoisotopic (exact) mass is 273 g/mol. The normalized spacial score (nSPS) is 24.6. The summed E-state index contributed by atoms with van der Waals surface area (Å²) in [5.74, 6) is -2.75. The van der Waals surface area contributed by atoms with Gasteiger partial charge in [0.15, 0.2) is 0 Å². The third-order valence-electron chi connectivity index (χ3n) is 3.38. The van der Waals surface area contributed by atoms with Crippen molar-refractivity contribution in [3.05, 3.63) is 35.9 Å². The lowest BCUT2D eigenvalue weighted by molar-refractivity contribution is -0.170. The first-order valence-electron chi connectivity index (χ1n) is 5.95. The van der Waals surface area contributed by atoms with E-state index in [1.165, 1.54) is 4.90 Å². The first-order chi connectivity index (χ1) is 8.88. The Balaban J connectivity index is 2.12. The average Bonchev–Trinajstić information content (AvgIpc) is 2.74. The minimum absolute atomic E-state index is 0.227. The number of hydrogen-bond acceptors (Lipinski definition) is 2. The molecule has 1 unspecified atom stereocenters. The number of halogens is 3. The molecule has 1 aliphatic rings. The van der Waals surface area contributed by atoms with E-state index in [0.29, 0.717) is 0 Å². The van der Waals surface area contributed by atoms with Crippen LogP contribution in [0, 0.1) is 5.92 Å². The zero-order valence-corrected chi connectivity index (χ0v) is 10.1. The van der Waals surface area contributed by atoms with Gasteiger partial charge in [0, 0.05) is 13.1 Å². The van der Waals surface area contributed by atoms with Crippen LogP contribution in [-0.2, 0) is 11.3 Å². The van der Waals surface area contributed by atoms with E-state index in [4.69, 9.17) is 5.11 Å². The molecular weight excluding hydrogens is 259 g/mol. The molecule has 1 heterocycles. The molecule has 3 nitrogen and oxygen atoms in total. The van der Waals surface area contributed by atoms with Crippen molar-refractivity contribution in [1.29, 1.82) is 0 Å². The summed E-state index contributed by atoms with van der Waals surface area (Å²) in [6.45, 7) is -0.0280. The number of rotatable bonds is 3. The number of likely N-dealkylation sites (tertiary alicyclic amines) is 1. The molecule has 0 aliphatic carbocycles. The van der Waals surface area contributed by atoms with Gasteiger partial charge in [0.2, 0.25) is 0 Å². The Morgan fingerprint density at radius 3 is 2.47 bits per heavy atom. The predicted octanol–water partition coefficient (Wildman–Crippen LogP) is 2.52. The van der Waals surface area contributed by atoms with Crippen molar-refractivity contribution in [2.45, 2.75) is 25.2 Å². The van der Waals surface area contributed by atoms with Gasteiger partial charge in [-0.25, -0.2) is 0 Å². The lowest BCUT2D eigenvalue weighted by atomic mass is 10.1. The van der Waals surface area contributed by atoms with Crippen LogP contribution >= 0.6 is 0 Å². The molecular formula is C13H14F3NO2. The Labute approximate surface area is 108 Å². The van der Waals surface area contributed by atoms with Gasteiger partial charge in [0.25, 0.3) is 0 Å². The third-order valence-corrected chi connectivity index (χ3v) is 3.38. The molecule has 1 aliphatic heterocycles. The Kier molecular flexibility index (Phi) is 3.80. The fourth-order valence-electron chi connectivity index (χ4n) is 2.39. The minimum atomic E-state index is -4.33. The largest absolute Gasteiger partial charge is 0.480 e. The fourth-order valence-corrected chi connectivity index (χ4v) is 2.39. The van der Waals surface area contributed by atoms with Gasteiger partial charge in [0.1, 0.15) is 6.04 Å². The quantitative estimate of drug-likeness (QED) is 0.920. The number of carboxylic acid groups (broad SMARTS) is 1. The Hall–Kier alpha value is -1.56. The van der Waals surface area contributed by atoms with E-state index in [0.717, 1.165) is 5.56 Å². The number of aliphatic carboxylic acids is 1. The highest BCUT2D eigenvalue weighted by atomic mass is 19.4.